The van der Waals surface area contributed by atoms with Crippen LogP contribution in [0.3, 0.4) is 0 Å². The number of hydrogen-bond donors (Lipinski definition) is 1. The maximum Gasteiger partial charge on any atom is 0.307 e. The van der Waals surface area contributed by atoms with Gasteiger partial charge in [-0.3, -0.25) is 9.69 Å². The second-order valence-electron chi connectivity index (χ2n) is 4.65. The first kappa shape index (κ1) is 12.5. The highest BCUT2D eigenvalue weighted by molar-refractivity contribution is 5.70. The Morgan fingerprint density at radius 3 is 2.67 bits per heavy atom. The van der Waals surface area contributed by atoms with Crippen molar-refractivity contribution in [2.75, 3.05) is 19.7 Å². The maximum absolute atomic E-state index is 10.8. The molecule has 15 heavy (non-hydrogen) atoms. The summed E-state index contributed by atoms with van der Waals surface area (Å²) in [6.45, 7) is 8.39. The van der Waals surface area contributed by atoms with Gasteiger partial charge in [-0.15, -0.1) is 0 Å². The van der Waals surface area contributed by atoms with Crippen LogP contribution in [0.4, 0.5) is 0 Å². The molecule has 0 spiro atoms. The summed E-state index contributed by atoms with van der Waals surface area (Å²) in [5, 5.41) is 8.86. The van der Waals surface area contributed by atoms with Crippen molar-refractivity contribution in [3.8, 4) is 0 Å². The van der Waals surface area contributed by atoms with Crippen LogP contribution in [0, 0.1) is 11.8 Å². The lowest BCUT2D eigenvalue weighted by molar-refractivity contribution is -0.141. The zero-order chi connectivity index (χ0) is 11.4. The van der Waals surface area contributed by atoms with E-state index < -0.39 is 5.97 Å². The minimum atomic E-state index is -0.687. The molecular weight excluding hydrogens is 194 g/mol. The molecule has 4 nitrogen and oxygen atoms in total. The molecule has 2 atom stereocenters. The summed E-state index contributed by atoms with van der Waals surface area (Å²) < 4.78 is 5.65. The lowest BCUT2D eigenvalue weighted by Crippen LogP contribution is -2.34. The molecule has 1 fully saturated rings. The summed E-state index contributed by atoms with van der Waals surface area (Å²) in [5.41, 5.74) is 0. The lowest BCUT2D eigenvalue weighted by Gasteiger charge is -2.24. The average Bonchev–Trinajstić information content (AvgIpc) is 2.62. The van der Waals surface area contributed by atoms with Crippen molar-refractivity contribution in [3.63, 3.8) is 0 Å². The van der Waals surface area contributed by atoms with Gasteiger partial charge >= 0.3 is 5.97 Å². The number of likely N-dealkylation sites (tertiary alicyclic amines) is 1. The standard InChI is InChI=1S/C11H21NO3/c1-8(2)7-15-9(3)12-5-4-10(6-12)11(13)14/h8-10H,4-7H2,1-3H3,(H,13,14). The number of ether oxygens (including phenoxy) is 1. The molecule has 0 amide bonds. The number of rotatable bonds is 5. The summed E-state index contributed by atoms with van der Waals surface area (Å²) in [7, 11) is 0. The predicted octanol–water partition coefficient (Wildman–Crippen LogP) is 1.41. The topological polar surface area (TPSA) is 49.8 Å². The van der Waals surface area contributed by atoms with Crippen LogP contribution in [-0.4, -0.2) is 41.9 Å². The third-order valence-corrected chi connectivity index (χ3v) is 2.75. The molecule has 0 aromatic carbocycles. The minimum Gasteiger partial charge on any atom is -0.481 e. The van der Waals surface area contributed by atoms with Crippen LogP contribution in [0.2, 0.25) is 0 Å². The molecule has 2 unspecified atom stereocenters. The fraction of sp³-hybridized carbons (Fsp3) is 0.909. The van der Waals surface area contributed by atoms with E-state index in [0.29, 0.717) is 12.5 Å². The first-order valence-electron chi connectivity index (χ1n) is 5.59. The van der Waals surface area contributed by atoms with E-state index in [2.05, 4.69) is 18.7 Å². The maximum atomic E-state index is 10.8. The van der Waals surface area contributed by atoms with E-state index in [-0.39, 0.29) is 12.1 Å². The highest BCUT2D eigenvalue weighted by Gasteiger charge is 2.30. The largest absolute Gasteiger partial charge is 0.481 e. The summed E-state index contributed by atoms with van der Waals surface area (Å²) >= 11 is 0. The second kappa shape index (κ2) is 5.47. The molecule has 1 aliphatic heterocycles. The Bertz CT molecular complexity index is 218. The first-order valence-corrected chi connectivity index (χ1v) is 5.59. The van der Waals surface area contributed by atoms with Crippen LogP contribution >= 0.6 is 0 Å². The number of carboxylic acid groups (broad SMARTS) is 1. The molecule has 1 N–H and O–H groups in total. The van der Waals surface area contributed by atoms with Gasteiger partial charge in [-0.05, 0) is 19.3 Å². The summed E-state index contributed by atoms with van der Waals surface area (Å²) in [4.78, 5) is 12.9. The highest BCUT2D eigenvalue weighted by Crippen LogP contribution is 2.19. The van der Waals surface area contributed by atoms with Gasteiger partial charge in [0.1, 0.15) is 6.23 Å². The Labute approximate surface area is 91.2 Å². The predicted molar refractivity (Wildman–Crippen MR) is 57.6 cm³/mol. The van der Waals surface area contributed by atoms with Crippen molar-refractivity contribution in [3.05, 3.63) is 0 Å². The van der Waals surface area contributed by atoms with Gasteiger partial charge in [0.2, 0.25) is 0 Å². The van der Waals surface area contributed by atoms with Gasteiger partial charge in [0, 0.05) is 13.1 Å². The molecule has 0 aromatic rings. The van der Waals surface area contributed by atoms with E-state index >= 15 is 0 Å². The zero-order valence-electron chi connectivity index (χ0n) is 9.77. The average molecular weight is 215 g/mol. The van der Waals surface area contributed by atoms with Crippen molar-refractivity contribution in [2.45, 2.75) is 33.4 Å². The third kappa shape index (κ3) is 3.80. The highest BCUT2D eigenvalue weighted by atomic mass is 16.5. The Morgan fingerprint density at radius 2 is 2.20 bits per heavy atom. The van der Waals surface area contributed by atoms with Crippen molar-refractivity contribution in [1.29, 1.82) is 0 Å². The number of hydrogen-bond acceptors (Lipinski definition) is 3. The molecule has 1 aliphatic rings. The number of nitrogens with zero attached hydrogens (tertiary/aromatic N) is 1. The van der Waals surface area contributed by atoms with Crippen LogP contribution in [-0.2, 0) is 9.53 Å². The molecule has 0 bridgehead atoms. The Balaban J connectivity index is 2.30. The molecule has 0 saturated carbocycles. The van der Waals surface area contributed by atoms with E-state index in [9.17, 15) is 4.79 Å². The second-order valence-corrected chi connectivity index (χ2v) is 4.65. The van der Waals surface area contributed by atoms with Crippen molar-refractivity contribution < 1.29 is 14.6 Å². The van der Waals surface area contributed by atoms with Gasteiger partial charge in [-0.2, -0.15) is 0 Å². The van der Waals surface area contributed by atoms with Gasteiger partial charge in [0.15, 0.2) is 0 Å². The lowest BCUT2D eigenvalue weighted by atomic mass is 10.1. The van der Waals surface area contributed by atoms with E-state index in [4.69, 9.17) is 9.84 Å². The molecule has 1 rings (SSSR count). The zero-order valence-corrected chi connectivity index (χ0v) is 9.77. The van der Waals surface area contributed by atoms with Gasteiger partial charge in [0.25, 0.3) is 0 Å². The molecule has 88 valence electrons. The SMILES string of the molecule is CC(C)COC(C)N1CCC(C(=O)O)C1. The van der Waals surface area contributed by atoms with Gasteiger partial charge < -0.3 is 9.84 Å². The third-order valence-electron chi connectivity index (χ3n) is 2.75. The summed E-state index contributed by atoms with van der Waals surface area (Å²) in [6.07, 6.45) is 0.779. The summed E-state index contributed by atoms with van der Waals surface area (Å²) in [6, 6.07) is 0. The van der Waals surface area contributed by atoms with E-state index in [1.165, 1.54) is 0 Å². The van der Waals surface area contributed by atoms with Crippen molar-refractivity contribution >= 4 is 5.97 Å². The Hall–Kier alpha value is -0.610. The molecule has 1 saturated heterocycles. The summed E-state index contributed by atoms with van der Waals surface area (Å²) in [5.74, 6) is -0.381. The normalized spacial score (nSPS) is 24.7. The van der Waals surface area contributed by atoms with E-state index in [0.717, 1.165) is 19.6 Å². The molecular formula is C11H21NO3. The van der Waals surface area contributed by atoms with Crippen molar-refractivity contribution in [2.24, 2.45) is 11.8 Å². The quantitative estimate of drug-likeness (QED) is 0.753. The minimum absolute atomic E-state index is 0.0387. The van der Waals surface area contributed by atoms with E-state index in [1.807, 2.05) is 6.92 Å². The molecule has 0 aromatic heterocycles. The molecule has 4 heteroatoms. The number of aliphatic carboxylic acids is 1. The van der Waals surface area contributed by atoms with Crippen LogP contribution < -0.4 is 0 Å². The van der Waals surface area contributed by atoms with Crippen LogP contribution in [0.1, 0.15) is 27.2 Å². The van der Waals surface area contributed by atoms with Crippen LogP contribution in [0.15, 0.2) is 0 Å². The fourth-order valence-electron chi connectivity index (χ4n) is 1.76. The fourth-order valence-corrected chi connectivity index (χ4v) is 1.76. The Kier molecular flexibility index (Phi) is 4.54. The molecule has 0 aliphatic carbocycles. The first-order chi connectivity index (χ1) is 7.00. The smallest absolute Gasteiger partial charge is 0.307 e. The molecule has 1 heterocycles. The Morgan fingerprint density at radius 1 is 1.53 bits per heavy atom. The van der Waals surface area contributed by atoms with Gasteiger partial charge in [-0.1, -0.05) is 13.8 Å². The van der Waals surface area contributed by atoms with Crippen molar-refractivity contribution in [1.82, 2.24) is 4.90 Å². The number of carbonyl (C=O) groups is 1. The van der Waals surface area contributed by atoms with E-state index in [1.54, 1.807) is 0 Å². The van der Waals surface area contributed by atoms with Gasteiger partial charge in [0.05, 0.1) is 12.5 Å². The van der Waals surface area contributed by atoms with Crippen LogP contribution in [0.5, 0.6) is 0 Å². The number of carboxylic acids is 1. The monoisotopic (exact) mass is 215 g/mol. The van der Waals surface area contributed by atoms with Gasteiger partial charge in [-0.25, -0.2) is 0 Å². The molecule has 0 radical (unpaired) electrons. The van der Waals surface area contributed by atoms with Crippen LogP contribution in [0.25, 0.3) is 0 Å².